The van der Waals surface area contributed by atoms with Gasteiger partial charge in [0.25, 0.3) is 0 Å². The zero-order chi connectivity index (χ0) is 15.1. The summed E-state index contributed by atoms with van der Waals surface area (Å²) < 4.78 is 4.76. The fourth-order valence-corrected chi connectivity index (χ4v) is 2.10. The maximum absolute atomic E-state index is 11.6. The van der Waals surface area contributed by atoms with Crippen LogP contribution in [-0.2, 0) is 16.1 Å². The van der Waals surface area contributed by atoms with Crippen LogP contribution in [0.15, 0.2) is 54.6 Å². The summed E-state index contributed by atoms with van der Waals surface area (Å²) in [4.78, 5) is 11.6. The molecule has 0 aliphatic rings. The highest BCUT2D eigenvalue weighted by Gasteiger charge is 2.15. The molecule has 4 heteroatoms. The number of rotatable bonds is 6. The zero-order valence-electron chi connectivity index (χ0n) is 12.0. The summed E-state index contributed by atoms with van der Waals surface area (Å²) >= 11 is 0. The van der Waals surface area contributed by atoms with Gasteiger partial charge in [0.1, 0.15) is 5.75 Å². The third-order valence-electron chi connectivity index (χ3n) is 3.29. The summed E-state index contributed by atoms with van der Waals surface area (Å²) in [5.41, 5.74) is 2.08. The van der Waals surface area contributed by atoms with Gasteiger partial charge in [-0.3, -0.25) is 4.79 Å². The molecule has 0 fully saturated rings. The number of aromatic hydroxyl groups is 1. The fourth-order valence-electron chi connectivity index (χ4n) is 2.10. The third-order valence-corrected chi connectivity index (χ3v) is 3.29. The van der Waals surface area contributed by atoms with Crippen LogP contribution in [0.25, 0.3) is 0 Å². The molecule has 0 aliphatic heterocycles. The molecule has 110 valence electrons. The minimum absolute atomic E-state index is 0.104. The van der Waals surface area contributed by atoms with Crippen molar-refractivity contribution < 1.29 is 14.6 Å². The number of carbonyl (C=O) groups is 1. The lowest BCUT2D eigenvalue weighted by molar-refractivity contribution is -0.141. The Balaban J connectivity index is 2.05. The van der Waals surface area contributed by atoms with Crippen molar-refractivity contribution in [2.24, 2.45) is 0 Å². The van der Waals surface area contributed by atoms with Crippen molar-refractivity contribution in [1.82, 2.24) is 5.32 Å². The Hall–Kier alpha value is -2.33. The lowest BCUT2D eigenvalue weighted by Gasteiger charge is -2.18. The van der Waals surface area contributed by atoms with Gasteiger partial charge in [-0.2, -0.15) is 0 Å². The van der Waals surface area contributed by atoms with Crippen LogP contribution in [0, 0.1) is 0 Å². The average molecular weight is 285 g/mol. The first-order valence-corrected chi connectivity index (χ1v) is 6.82. The van der Waals surface area contributed by atoms with Crippen molar-refractivity contribution in [3.8, 4) is 5.75 Å². The number of phenols is 1. The van der Waals surface area contributed by atoms with Gasteiger partial charge in [0.15, 0.2) is 0 Å². The predicted octanol–water partition coefficient (Wildman–Crippen LogP) is 2.79. The standard InChI is InChI=1S/C17H19NO3/c1-21-17(20)11-16(14-5-3-2-4-6-14)18-12-13-7-9-15(19)10-8-13/h2-10,16,18-19H,11-12H2,1H3. The average Bonchev–Trinajstić information content (AvgIpc) is 2.53. The number of ether oxygens (including phenoxy) is 1. The van der Waals surface area contributed by atoms with E-state index in [1.165, 1.54) is 7.11 Å². The molecule has 2 aromatic rings. The topological polar surface area (TPSA) is 58.6 Å². The zero-order valence-corrected chi connectivity index (χ0v) is 12.0. The minimum Gasteiger partial charge on any atom is -0.508 e. The largest absolute Gasteiger partial charge is 0.508 e. The van der Waals surface area contributed by atoms with E-state index in [0.29, 0.717) is 6.54 Å². The van der Waals surface area contributed by atoms with E-state index < -0.39 is 0 Å². The molecule has 4 nitrogen and oxygen atoms in total. The fraction of sp³-hybridized carbons (Fsp3) is 0.235. The lowest BCUT2D eigenvalue weighted by Crippen LogP contribution is -2.24. The van der Waals surface area contributed by atoms with Crippen LogP contribution in [0.4, 0.5) is 0 Å². The SMILES string of the molecule is COC(=O)CC(NCc1ccc(O)cc1)c1ccccc1. The Morgan fingerprint density at radius 2 is 1.81 bits per heavy atom. The number of hydrogen-bond donors (Lipinski definition) is 2. The van der Waals surface area contributed by atoms with E-state index in [4.69, 9.17) is 4.74 Å². The van der Waals surface area contributed by atoms with Crippen LogP contribution < -0.4 is 5.32 Å². The van der Waals surface area contributed by atoms with E-state index in [-0.39, 0.29) is 24.2 Å². The summed E-state index contributed by atoms with van der Waals surface area (Å²) in [6.07, 6.45) is 0.276. The quantitative estimate of drug-likeness (QED) is 0.801. The van der Waals surface area contributed by atoms with E-state index in [2.05, 4.69) is 5.32 Å². The molecular formula is C17H19NO3. The summed E-state index contributed by atoms with van der Waals surface area (Å²) in [7, 11) is 1.39. The number of benzene rings is 2. The molecule has 1 atom stereocenters. The van der Waals surface area contributed by atoms with Crippen molar-refractivity contribution in [1.29, 1.82) is 0 Å². The molecule has 0 aliphatic carbocycles. The van der Waals surface area contributed by atoms with Crippen LogP contribution in [-0.4, -0.2) is 18.2 Å². The van der Waals surface area contributed by atoms with Gasteiger partial charge in [-0.15, -0.1) is 0 Å². The predicted molar refractivity (Wildman–Crippen MR) is 80.8 cm³/mol. The molecule has 0 aromatic heterocycles. The van der Waals surface area contributed by atoms with E-state index in [0.717, 1.165) is 11.1 Å². The molecule has 0 radical (unpaired) electrons. The van der Waals surface area contributed by atoms with Crippen LogP contribution in [0.5, 0.6) is 5.75 Å². The molecule has 0 heterocycles. The third kappa shape index (κ3) is 4.61. The van der Waals surface area contributed by atoms with Gasteiger partial charge in [-0.1, -0.05) is 42.5 Å². The van der Waals surface area contributed by atoms with Crippen molar-refractivity contribution in [3.63, 3.8) is 0 Å². The first-order valence-electron chi connectivity index (χ1n) is 6.82. The second-order valence-electron chi connectivity index (χ2n) is 4.79. The van der Waals surface area contributed by atoms with Crippen molar-refractivity contribution in [2.75, 3.05) is 7.11 Å². The molecule has 0 saturated heterocycles. The van der Waals surface area contributed by atoms with E-state index in [1.54, 1.807) is 12.1 Å². The molecule has 0 saturated carbocycles. The van der Waals surface area contributed by atoms with Crippen molar-refractivity contribution in [3.05, 3.63) is 65.7 Å². The molecule has 0 bridgehead atoms. The molecule has 21 heavy (non-hydrogen) atoms. The lowest BCUT2D eigenvalue weighted by atomic mass is 10.0. The number of phenolic OH excluding ortho intramolecular Hbond substituents is 1. The van der Waals surface area contributed by atoms with Gasteiger partial charge >= 0.3 is 5.97 Å². The summed E-state index contributed by atoms with van der Waals surface area (Å²) in [6, 6.07) is 16.7. The van der Waals surface area contributed by atoms with Crippen LogP contribution in [0.1, 0.15) is 23.6 Å². The van der Waals surface area contributed by atoms with Gasteiger partial charge in [0, 0.05) is 12.6 Å². The van der Waals surface area contributed by atoms with E-state index >= 15 is 0 Å². The Morgan fingerprint density at radius 1 is 1.14 bits per heavy atom. The molecule has 0 amide bonds. The Bertz CT molecular complexity index is 566. The summed E-state index contributed by atoms with van der Waals surface area (Å²) in [5, 5.41) is 12.6. The second kappa shape index (κ2) is 7.45. The van der Waals surface area contributed by atoms with Crippen molar-refractivity contribution >= 4 is 5.97 Å². The first kappa shape index (κ1) is 15.1. The first-order chi connectivity index (χ1) is 10.2. The van der Waals surface area contributed by atoms with E-state index in [9.17, 15) is 9.90 Å². The molecule has 1 unspecified atom stereocenters. The number of hydrogen-bond acceptors (Lipinski definition) is 4. The number of nitrogens with one attached hydrogen (secondary N) is 1. The molecule has 2 rings (SSSR count). The maximum atomic E-state index is 11.6. The smallest absolute Gasteiger partial charge is 0.307 e. The van der Waals surface area contributed by atoms with Gasteiger partial charge in [0.2, 0.25) is 0 Å². The Morgan fingerprint density at radius 3 is 2.43 bits per heavy atom. The number of methoxy groups -OCH3 is 1. The summed E-state index contributed by atoms with van der Waals surface area (Å²) in [6.45, 7) is 0.608. The monoisotopic (exact) mass is 285 g/mol. The normalized spacial score (nSPS) is 11.9. The molecular weight excluding hydrogens is 266 g/mol. The highest BCUT2D eigenvalue weighted by atomic mass is 16.5. The minimum atomic E-state index is -0.248. The molecule has 2 N–H and O–H groups in total. The maximum Gasteiger partial charge on any atom is 0.307 e. The van der Waals surface area contributed by atoms with Gasteiger partial charge in [-0.25, -0.2) is 0 Å². The molecule has 0 spiro atoms. The van der Waals surface area contributed by atoms with Gasteiger partial charge in [-0.05, 0) is 23.3 Å². The highest BCUT2D eigenvalue weighted by molar-refractivity contribution is 5.70. The Kier molecular flexibility index (Phi) is 5.35. The van der Waals surface area contributed by atoms with Crippen LogP contribution in [0.2, 0.25) is 0 Å². The Labute approximate surface area is 124 Å². The van der Waals surface area contributed by atoms with Crippen molar-refractivity contribution in [2.45, 2.75) is 19.0 Å². The number of esters is 1. The highest BCUT2D eigenvalue weighted by Crippen LogP contribution is 2.18. The van der Waals surface area contributed by atoms with Crippen LogP contribution in [0.3, 0.4) is 0 Å². The van der Waals surface area contributed by atoms with Gasteiger partial charge < -0.3 is 15.2 Å². The summed E-state index contributed by atoms with van der Waals surface area (Å²) in [5.74, 6) is -0.00465. The number of carbonyl (C=O) groups excluding carboxylic acids is 1. The van der Waals surface area contributed by atoms with E-state index in [1.807, 2.05) is 42.5 Å². The second-order valence-corrected chi connectivity index (χ2v) is 4.79. The van der Waals surface area contributed by atoms with Crippen LogP contribution >= 0.6 is 0 Å². The van der Waals surface area contributed by atoms with Gasteiger partial charge in [0.05, 0.1) is 13.5 Å². The molecule has 2 aromatic carbocycles.